The van der Waals surface area contributed by atoms with E-state index in [4.69, 9.17) is 9.73 Å². The van der Waals surface area contributed by atoms with Gasteiger partial charge in [-0.25, -0.2) is 0 Å². The molecule has 0 aromatic heterocycles. The summed E-state index contributed by atoms with van der Waals surface area (Å²) in [5.74, 6) is 1.47. The average Bonchev–Trinajstić information content (AvgIpc) is 3.41. The van der Waals surface area contributed by atoms with E-state index in [9.17, 15) is 0 Å². The second-order valence-electron chi connectivity index (χ2n) is 8.57. The van der Waals surface area contributed by atoms with Crippen molar-refractivity contribution in [3.8, 4) is 0 Å². The van der Waals surface area contributed by atoms with E-state index in [0.29, 0.717) is 12.0 Å². The number of hydrogen-bond donors (Lipinski definition) is 2. The van der Waals surface area contributed by atoms with Crippen LogP contribution in [0.4, 0.5) is 0 Å². The third-order valence-corrected chi connectivity index (χ3v) is 5.29. The minimum Gasteiger partial charge on any atom is -0.377 e. The molecule has 0 amide bonds. The predicted octanol–water partition coefficient (Wildman–Crippen LogP) is 2.87. The van der Waals surface area contributed by atoms with Crippen molar-refractivity contribution in [1.29, 1.82) is 0 Å². The summed E-state index contributed by atoms with van der Waals surface area (Å²) in [5, 5.41) is 6.91. The first kappa shape index (κ1) is 20.5. The lowest BCUT2D eigenvalue weighted by molar-refractivity contribution is -0.0823. The highest BCUT2D eigenvalue weighted by molar-refractivity contribution is 5.79. The van der Waals surface area contributed by atoms with Crippen LogP contribution in [0.5, 0.6) is 0 Å². The number of hydrogen-bond acceptors (Lipinski definition) is 3. The molecule has 2 N–H and O–H groups in total. The number of aliphatic imine (C=N–C) groups is 1. The maximum Gasteiger partial charge on any atom is 0.191 e. The van der Waals surface area contributed by atoms with E-state index in [1.54, 1.807) is 0 Å². The van der Waals surface area contributed by atoms with E-state index in [1.807, 2.05) is 0 Å². The Morgan fingerprint density at radius 2 is 1.92 bits per heavy atom. The maximum absolute atomic E-state index is 6.09. The van der Waals surface area contributed by atoms with Gasteiger partial charge in [0, 0.05) is 44.7 Å². The zero-order valence-electron chi connectivity index (χ0n) is 17.1. The first-order valence-electron chi connectivity index (χ1n) is 10.3. The predicted molar refractivity (Wildman–Crippen MR) is 106 cm³/mol. The summed E-state index contributed by atoms with van der Waals surface area (Å²) in [4.78, 5) is 7.45. The van der Waals surface area contributed by atoms with E-state index >= 15 is 0 Å². The Hall–Kier alpha value is -0.810. The monoisotopic (exact) mass is 352 g/mol. The molecule has 25 heavy (non-hydrogen) atoms. The fourth-order valence-electron chi connectivity index (χ4n) is 3.89. The highest BCUT2D eigenvalue weighted by Crippen LogP contribution is 2.34. The molecule has 0 bridgehead atoms. The Morgan fingerprint density at radius 3 is 2.52 bits per heavy atom. The summed E-state index contributed by atoms with van der Waals surface area (Å²) in [6, 6.07) is 0.832. The first-order valence-corrected chi connectivity index (χ1v) is 10.3. The second kappa shape index (κ2) is 9.77. The van der Waals surface area contributed by atoms with Crippen molar-refractivity contribution in [3.63, 3.8) is 0 Å². The zero-order valence-corrected chi connectivity index (χ0v) is 17.1. The van der Waals surface area contributed by atoms with Crippen LogP contribution in [-0.4, -0.2) is 62.3 Å². The lowest BCUT2D eigenvalue weighted by atomic mass is 9.78. The Bertz CT molecular complexity index is 414. The molecule has 2 unspecified atom stereocenters. The van der Waals surface area contributed by atoms with Crippen LogP contribution in [0.2, 0.25) is 0 Å². The summed E-state index contributed by atoms with van der Waals surface area (Å²) in [5.41, 5.74) is 0.179. The van der Waals surface area contributed by atoms with E-state index in [0.717, 1.165) is 57.8 Å². The van der Waals surface area contributed by atoms with Crippen molar-refractivity contribution in [2.75, 3.05) is 39.3 Å². The lowest BCUT2D eigenvalue weighted by Gasteiger charge is -2.39. The lowest BCUT2D eigenvalue weighted by Crippen LogP contribution is -2.44. The molecule has 1 heterocycles. The van der Waals surface area contributed by atoms with E-state index < -0.39 is 0 Å². The normalized spacial score (nSPS) is 25.3. The summed E-state index contributed by atoms with van der Waals surface area (Å²) >= 11 is 0. The molecule has 1 saturated heterocycles. The van der Waals surface area contributed by atoms with Gasteiger partial charge < -0.3 is 15.4 Å². The van der Waals surface area contributed by atoms with Gasteiger partial charge in [-0.3, -0.25) is 9.89 Å². The number of nitrogens with one attached hydrogen (secondary N) is 2. The van der Waals surface area contributed by atoms with Gasteiger partial charge in [0.15, 0.2) is 5.96 Å². The molecular weight excluding hydrogens is 312 g/mol. The molecule has 0 aromatic rings. The quantitative estimate of drug-likeness (QED) is 0.521. The topological polar surface area (TPSA) is 48.9 Å². The van der Waals surface area contributed by atoms with Gasteiger partial charge in [0.25, 0.3) is 0 Å². The van der Waals surface area contributed by atoms with Crippen molar-refractivity contribution >= 4 is 5.96 Å². The molecular formula is C20H40N4O. The highest BCUT2D eigenvalue weighted by atomic mass is 16.5. The van der Waals surface area contributed by atoms with Crippen LogP contribution in [0.1, 0.15) is 60.3 Å². The van der Waals surface area contributed by atoms with Gasteiger partial charge in [-0.05, 0) is 44.6 Å². The number of rotatable bonds is 8. The number of ether oxygens (including phenoxy) is 1. The molecule has 0 aromatic carbocycles. The molecule has 2 aliphatic rings. The van der Waals surface area contributed by atoms with Gasteiger partial charge in [-0.1, -0.05) is 27.7 Å². The Morgan fingerprint density at radius 1 is 1.16 bits per heavy atom. The number of nitrogens with zero attached hydrogens (tertiary/aromatic N) is 2. The Labute approximate surface area is 155 Å². The van der Waals surface area contributed by atoms with Crippen LogP contribution in [-0.2, 0) is 4.74 Å². The summed E-state index contributed by atoms with van der Waals surface area (Å²) < 4.78 is 6.09. The molecule has 2 fully saturated rings. The third kappa shape index (κ3) is 6.78. The van der Waals surface area contributed by atoms with Crippen molar-refractivity contribution < 1.29 is 4.74 Å². The van der Waals surface area contributed by atoms with Gasteiger partial charge >= 0.3 is 0 Å². The number of likely N-dealkylation sites (N-methyl/N-ethyl adjacent to an activating group) is 1. The van der Waals surface area contributed by atoms with Gasteiger partial charge in [0.05, 0.1) is 6.10 Å². The van der Waals surface area contributed by atoms with Crippen LogP contribution in [0.25, 0.3) is 0 Å². The third-order valence-electron chi connectivity index (χ3n) is 5.29. The molecule has 1 saturated carbocycles. The molecule has 0 spiro atoms. The zero-order chi connectivity index (χ0) is 18.3. The first-order chi connectivity index (χ1) is 12.0. The van der Waals surface area contributed by atoms with Gasteiger partial charge in [-0.2, -0.15) is 0 Å². The SMILES string of the molecule is CCNC(=NCC1CCCOC1C(C)(C)C)NCCN(CC)C1CC1. The summed E-state index contributed by atoms with van der Waals surface area (Å²) in [6.45, 7) is 17.1. The summed E-state index contributed by atoms with van der Waals surface area (Å²) in [7, 11) is 0. The fourth-order valence-corrected chi connectivity index (χ4v) is 3.89. The molecule has 2 rings (SSSR count). The average molecular weight is 353 g/mol. The van der Waals surface area contributed by atoms with Crippen molar-refractivity contribution in [2.24, 2.45) is 16.3 Å². The van der Waals surface area contributed by atoms with Crippen LogP contribution < -0.4 is 10.6 Å². The molecule has 146 valence electrons. The highest BCUT2D eigenvalue weighted by Gasteiger charge is 2.35. The van der Waals surface area contributed by atoms with Gasteiger partial charge in [-0.15, -0.1) is 0 Å². The van der Waals surface area contributed by atoms with Crippen molar-refractivity contribution in [1.82, 2.24) is 15.5 Å². The van der Waals surface area contributed by atoms with Gasteiger partial charge in [0.2, 0.25) is 0 Å². The molecule has 5 nitrogen and oxygen atoms in total. The minimum atomic E-state index is 0.179. The maximum atomic E-state index is 6.09. The smallest absolute Gasteiger partial charge is 0.191 e. The number of guanidine groups is 1. The Balaban J connectivity index is 1.84. The molecule has 0 radical (unpaired) electrons. The molecule has 1 aliphatic carbocycles. The van der Waals surface area contributed by atoms with Crippen molar-refractivity contribution in [2.45, 2.75) is 72.4 Å². The molecule has 2 atom stereocenters. The summed E-state index contributed by atoms with van der Waals surface area (Å²) in [6.07, 6.45) is 5.42. The second-order valence-corrected chi connectivity index (χ2v) is 8.57. The van der Waals surface area contributed by atoms with E-state index in [1.165, 1.54) is 19.3 Å². The Kier molecular flexibility index (Phi) is 8.01. The van der Waals surface area contributed by atoms with Crippen LogP contribution >= 0.6 is 0 Å². The largest absolute Gasteiger partial charge is 0.377 e. The van der Waals surface area contributed by atoms with E-state index in [2.05, 4.69) is 50.2 Å². The van der Waals surface area contributed by atoms with E-state index in [-0.39, 0.29) is 5.41 Å². The standard InChI is InChI=1S/C20H40N4O/c1-6-21-19(22-12-13-24(7-2)17-10-11-17)23-15-16-9-8-14-25-18(16)20(3,4)5/h16-18H,6-15H2,1-5H3,(H2,21,22,23). The molecule has 5 heteroatoms. The van der Waals surface area contributed by atoms with Crippen LogP contribution in [0.3, 0.4) is 0 Å². The minimum absolute atomic E-state index is 0.179. The van der Waals surface area contributed by atoms with Crippen molar-refractivity contribution in [3.05, 3.63) is 0 Å². The fraction of sp³-hybridized carbons (Fsp3) is 0.950. The van der Waals surface area contributed by atoms with Gasteiger partial charge in [0.1, 0.15) is 0 Å². The van der Waals surface area contributed by atoms with Crippen LogP contribution in [0.15, 0.2) is 4.99 Å². The van der Waals surface area contributed by atoms with Crippen LogP contribution in [0, 0.1) is 11.3 Å². The molecule has 1 aliphatic heterocycles.